The molecule has 15 heteroatoms. The highest BCUT2D eigenvalue weighted by molar-refractivity contribution is 5.95. The fourth-order valence-corrected chi connectivity index (χ4v) is 9.85. The van der Waals surface area contributed by atoms with Crippen LogP contribution in [0.1, 0.15) is 94.8 Å². The molecule has 4 aliphatic heterocycles. The number of hydrogen-bond acceptors (Lipinski definition) is 9. The summed E-state index contributed by atoms with van der Waals surface area (Å²) < 4.78 is 21.6. The molecule has 9 rings (SSSR count). The van der Waals surface area contributed by atoms with E-state index in [9.17, 15) is 24.0 Å². The van der Waals surface area contributed by atoms with Crippen LogP contribution in [0, 0.1) is 5.82 Å². The van der Waals surface area contributed by atoms with E-state index < -0.39 is 11.7 Å². The van der Waals surface area contributed by atoms with Gasteiger partial charge in [-0.3, -0.25) is 28.9 Å². The Bertz CT molecular complexity index is 2400. The third-order valence-corrected chi connectivity index (χ3v) is 13.8. The maximum Gasteiger partial charge on any atom is 0.272 e. The molecule has 4 saturated heterocycles. The third-order valence-electron chi connectivity index (χ3n) is 13.8. The van der Waals surface area contributed by atoms with Crippen LogP contribution in [-0.2, 0) is 20.7 Å². The molecule has 1 aliphatic carbocycles. The van der Waals surface area contributed by atoms with Crippen molar-refractivity contribution in [2.24, 2.45) is 0 Å². The van der Waals surface area contributed by atoms with Crippen LogP contribution in [0.5, 0.6) is 0 Å². The van der Waals surface area contributed by atoms with E-state index in [2.05, 4.69) is 26.5 Å². The monoisotopic (exact) mass is 874 g/mol. The van der Waals surface area contributed by atoms with Crippen LogP contribution in [0.2, 0.25) is 0 Å². The van der Waals surface area contributed by atoms with Gasteiger partial charge in [-0.15, -0.1) is 0 Å². The average Bonchev–Trinajstić information content (AvgIpc) is 4.18. The smallest absolute Gasteiger partial charge is 0.272 e. The van der Waals surface area contributed by atoms with Gasteiger partial charge in [0.1, 0.15) is 5.82 Å². The van der Waals surface area contributed by atoms with E-state index in [0.717, 1.165) is 76.6 Å². The number of carbonyl (C=O) groups excluding carboxylic acids is 4. The number of aromatic amines is 1. The number of aromatic nitrogens is 2. The summed E-state index contributed by atoms with van der Waals surface area (Å²) in [6.45, 7) is 6.41. The van der Waals surface area contributed by atoms with Crippen molar-refractivity contribution in [1.82, 2.24) is 40.0 Å². The minimum absolute atomic E-state index is 0.0223. The molecule has 338 valence electrons. The van der Waals surface area contributed by atoms with E-state index >= 15 is 4.39 Å². The normalized spacial score (nSPS) is 20.5. The lowest BCUT2D eigenvalue weighted by Crippen LogP contribution is -2.53. The number of hydrogen-bond donors (Lipinski definition) is 2. The van der Waals surface area contributed by atoms with Crippen molar-refractivity contribution in [1.29, 1.82) is 0 Å². The summed E-state index contributed by atoms with van der Waals surface area (Å²) in [4.78, 5) is 75.1. The number of amides is 4. The van der Waals surface area contributed by atoms with Gasteiger partial charge in [0.15, 0.2) is 0 Å². The predicted molar refractivity (Wildman–Crippen MR) is 240 cm³/mol. The summed E-state index contributed by atoms with van der Waals surface area (Å²) in [5, 5.41) is 11.3. The average molecular weight is 875 g/mol. The van der Waals surface area contributed by atoms with Crippen LogP contribution >= 0.6 is 0 Å². The molecule has 4 amide bonds. The van der Waals surface area contributed by atoms with E-state index in [0.29, 0.717) is 99.0 Å². The molecule has 5 heterocycles. The number of rotatable bonds is 12. The largest absolute Gasteiger partial charge is 0.375 e. The van der Waals surface area contributed by atoms with Crippen LogP contribution in [0.15, 0.2) is 71.5 Å². The number of halogens is 1. The topological polar surface area (TPSA) is 151 Å². The first-order valence-electron chi connectivity index (χ1n) is 23.2. The Morgan fingerprint density at radius 3 is 2.16 bits per heavy atom. The molecular formula is C49H59FN8O6. The first-order valence-corrected chi connectivity index (χ1v) is 23.2. The first-order chi connectivity index (χ1) is 31.1. The zero-order chi connectivity index (χ0) is 44.2. The van der Waals surface area contributed by atoms with E-state index in [1.165, 1.54) is 6.07 Å². The molecule has 3 aromatic carbocycles. The van der Waals surface area contributed by atoms with Crippen LogP contribution in [0.4, 0.5) is 4.39 Å². The van der Waals surface area contributed by atoms with Gasteiger partial charge in [0, 0.05) is 94.8 Å². The van der Waals surface area contributed by atoms with Crippen molar-refractivity contribution in [3.63, 3.8) is 0 Å². The Kier molecular flexibility index (Phi) is 13.5. The molecule has 1 saturated carbocycles. The standard InChI is InChI=1S/C49H59FN8O6/c50-43-13-10-33(28-44-40-8-1-2-9-41(40)47(61)53-52-44)27-42(43)49(63)57-25-23-55(24-26-57)46(60)32-54-19-14-38(15-20-54)64-39-16-21-56(22-17-39)48(62)35-6-3-5-34(29-35)36-7-4-18-58(31-36)45(59)30-51-37-11-12-37/h1-3,5-6,8-10,13,27,29,36-39,51H,4,7,11-12,14-26,28,30-32H2,(H,53,61)/t36-/m1/s1. The van der Waals surface area contributed by atoms with Gasteiger partial charge in [-0.2, -0.15) is 5.10 Å². The summed E-state index contributed by atoms with van der Waals surface area (Å²) in [6.07, 6.45) is 8.07. The fraction of sp³-hybridized carbons (Fsp3) is 0.510. The molecule has 1 aromatic heterocycles. The Morgan fingerprint density at radius 2 is 1.41 bits per heavy atom. The Balaban J connectivity index is 0.684. The second-order valence-corrected chi connectivity index (χ2v) is 18.3. The number of carbonyl (C=O) groups is 4. The Morgan fingerprint density at radius 1 is 0.703 bits per heavy atom. The molecular weight excluding hydrogens is 816 g/mol. The molecule has 1 atom stereocenters. The SMILES string of the molecule is O=C(CN1CCC(OC2CCN(C(=O)c3cccc([C@@H]4CCCN(C(=O)CNC5CC5)C4)c3)CC2)CC1)N1CCN(C(=O)c2cc(Cc3n[nH]c(=O)c4ccccc34)ccc2F)CC1. The number of benzene rings is 3. The summed E-state index contributed by atoms with van der Waals surface area (Å²) in [5.41, 5.74) is 2.86. The first kappa shape index (κ1) is 43.7. The number of piperazine rings is 1. The maximum absolute atomic E-state index is 15.0. The molecule has 0 spiro atoms. The van der Waals surface area contributed by atoms with Gasteiger partial charge < -0.3 is 29.7 Å². The minimum Gasteiger partial charge on any atom is -0.375 e. The number of nitrogens with zero attached hydrogens (tertiary/aromatic N) is 6. The summed E-state index contributed by atoms with van der Waals surface area (Å²) in [6, 6.07) is 20.2. The van der Waals surface area contributed by atoms with Gasteiger partial charge >= 0.3 is 0 Å². The number of ether oxygens (including phenoxy) is 1. The fourth-order valence-electron chi connectivity index (χ4n) is 9.85. The lowest BCUT2D eigenvalue weighted by atomic mass is 9.89. The molecule has 0 radical (unpaired) electrons. The van der Waals surface area contributed by atoms with Gasteiger partial charge in [0.25, 0.3) is 17.4 Å². The van der Waals surface area contributed by atoms with Crippen molar-refractivity contribution in [2.45, 2.75) is 82.0 Å². The van der Waals surface area contributed by atoms with E-state index in [1.54, 1.807) is 34.1 Å². The predicted octanol–water partition coefficient (Wildman–Crippen LogP) is 4.18. The maximum atomic E-state index is 15.0. The molecule has 2 N–H and O–H groups in total. The molecule has 5 fully saturated rings. The number of likely N-dealkylation sites (tertiary alicyclic amines) is 3. The Hall–Kier alpha value is -5.51. The van der Waals surface area contributed by atoms with Crippen molar-refractivity contribution in [3.05, 3.63) is 111 Å². The number of nitrogens with one attached hydrogen (secondary N) is 2. The van der Waals surface area contributed by atoms with Crippen molar-refractivity contribution >= 4 is 34.4 Å². The summed E-state index contributed by atoms with van der Waals surface area (Å²) in [7, 11) is 0. The van der Waals surface area contributed by atoms with E-state index in [1.807, 2.05) is 40.1 Å². The molecule has 4 aromatic rings. The zero-order valence-corrected chi connectivity index (χ0v) is 36.5. The molecule has 14 nitrogen and oxygen atoms in total. The highest BCUT2D eigenvalue weighted by Crippen LogP contribution is 2.29. The number of fused-ring (bicyclic) bond motifs is 1. The molecule has 64 heavy (non-hydrogen) atoms. The lowest BCUT2D eigenvalue weighted by molar-refractivity contribution is -0.135. The van der Waals surface area contributed by atoms with Gasteiger partial charge in [-0.05, 0) is 92.8 Å². The second-order valence-electron chi connectivity index (χ2n) is 18.3. The van der Waals surface area contributed by atoms with Crippen LogP contribution in [0.25, 0.3) is 10.8 Å². The quantitative estimate of drug-likeness (QED) is 0.214. The van der Waals surface area contributed by atoms with Crippen molar-refractivity contribution in [3.8, 4) is 0 Å². The van der Waals surface area contributed by atoms with Crippen molar-refractivity contribution < 1.29 is 28.3 Å². The number of piperidine rings is 3. The van der Waals surface area contributed by atoms with E-state index in [-0.39, 0.29) is 47.0 Å². The zero-order valence-electron chi connectivity index (χ0n) is 36.5. The summed E-state index contributed by atoms with van der Waals surface area (Å²) in [5.74, 6) is -0.543. The number of H-pyrrole nitrogens is 1. The van der Waals surface area contributed by atoms with Crippen LogP contribution in [0.3, 0.4) is 0 Å². The molecule has 5 aliphatic rings. The van der Waals surface area contributed by atoms with E-state index in [4.69, 9.17) is 4.74 Å². The molecule has 0 bridgehead atoms. The van der Waals surface area contributed by atoms with Gasteiger partial charge in [-0.25, -0.2) is 9.49 Å². The van der Waals surface area contributed by atoms with Gasteiger partial charge in [-0.1, -0.05) is 36.4 Å². The Labute approximate surface area is 373 Å². The van der Waals surface area contributed by atoms with Gasteiger partial charge in [0.2, 0.25) is 11.8 Å². The van der Waals surface area contributed by atoms with Gasteiger partial charge in [0.05, 0.1) is 41.9 Å². The highest BCUT2D eigenvalue weighted by atomic mass is 19.1. The van der Waals surface area contributed by atoms with Crippen molar-refractivity contribution in [2.75, 3.05) is 78.5 Å². The van der Waals surface area contributed by atoms with Crippen LogP contribution < -0.4 is 10.9 Å². The third kappa shape index (κ3) is 10.4. The highest BCUT2D eigenvalue weighted by Gasteiger charge is 2.32. The summed E-state index contributed by atoms with van der Waals surface area (Å²) >= 11 is 0. The second kappa shape index (κ2) is 19.7. The minimum atomic E-state index is -0.605. The van der Waals surface area contributed by atoms with Crippen LogP contribution in [-0.4, -0.2) is 155 Å². The molecule has 0 unspecified atom stereocenters. The lowest BCUT2D eigenvalue weighted by Gasteiger charge is -2.38.